The fourth-order valence-electron chi connectivity index (χ4n) is 2.71. The van der Waals surface area contributed by atoms with E-state index in [1.807, 2.05) is 30.3 Å². The van der Waals surface area contributed by atoms with Gasteiger partial charge in [-0.3, -0.25) is 4.79 Å². The second kappa shape index (κ2) is 8.30. The summed E-state index contributed by atoms with van der Waals surface area (Å²) in [6.45, 7) is 1.97. The second-order valence-electron chi connectivity index (χ2n) is 5.67. The van der Waals surface area contributed by atoms with Gasteiger partial charge in [-0.1, -0.05) is 30.3 Å². The quantitative estimate of drug-likeness (QED) is 0.746. The van der Waals surface area contributed by atoms with E-state index < -0.39 is 34.2 Å². The number of alkyl carbamates (subject to hydrolysis) is 1. The van der Waals surface area contributed by atoms with Crippen LogP contribution in [-0.4, -0.2) is 56.3 Å². The number of nitrogens with one attached hydrogen (secondary N) is 1. The van der Waals surface area contributed by atoms with Gasteiger partial charge in [-0.05, 0) is 18.9 Å². The number of esters is 1. The van der Waals surface area contributed by atoms with E-state index in [0.29, 0.717) is 6.42 Å². The van der Waals surface area contributed by atoms with Gasteiger partial charge in [-0.2, -0.15) is 4.31 Å². The molecule has 1 heterocycles. The standard InChI is InChI=1S/C16H22N2O6S/c1-3-23-15(19)14-13(9-10-18(14)25(2,21)22)17-16(20)24-11-12-7-5-4-6-8-12/h4-8,13-14H,3,9-11H2,1-2H3,(H,17,20)/t13-,14-/m1/s1. The largest absolute Gasteiger partial charge is 0.465 e. The maximum Gasteiger partial charge on any atom is 0.407 e. The Morgan fingerprint density at radius 1 is 1.24 bits per heavy atom. The molecule has 8 nitrogen and oxygen atoms in total. The molecule has 0 aliphatic carbocycles. The summed E-state index contributed by atoms with van der Waals surface area (Å²) in [4.78, 5) is 24.2. The number of carbonyl (C=O) groups is 2. The molecular formula is C16H22N2O6S. The van der Waals surface area contributed by atoms with Crippen molar-refractivity contribution in [1.29, 1.82) is 0 Å². The van der Waals surface area contributed by atoms with Crippen molar-refractivity contribution in [3.05, 3.63) is 35.9 Å². The Morgan fingerprint density at radius 3 is 2.52 bits per heavy atom. The zero-order valence-electron chi connectivity index (χ0n) is 14.2. The van der Waals surface area contributed by atoms with Gasteiger partial charge in [0.2, 0.25) is 10.0 Å². The third kappa shape index (κ3) is 5.17. The fraction of sp³-hybridized carbons (Fsp3) is 0.500. The van der Waals surface area contributed by atoms with Crippen LogP contribution in [0, 0.1) is 0 Å². The monoisotopic (exact) mass is 370 g/mol. The highest BCUT2D eigenvalue weighted by molar-refractivity contribution is 7.88. The van der Waals surface area contributed by atoms with Gasteiger partial charge < -0.3 is 14.8 Å². The van der Waals surface area contributed by atoms with E-state index in [1.54, 1.807) is 6.92 Å². The van der Waals surface area contributed by atoms with Gasteiger partial charge in [-0.25, -0.2) is 13.2 Å². The van der Waals surface area contributed by atoms with Crippen molar-refractivity contribution in [3.8, 4) is 0 Å². The summed E-state index contributed by atoms with van der Waals surface area (Å²) in [5, 5.41) is 2.57. The Hall–Kier alpha value is -2.13. The predicted molar refractivity (Wildman–Crippen MR) is 90.1 cm³/mol. The summed E-state index contributed by atoms with van der Waals surface area (Å²) in [5.74, 6) is -0.682. The van der Waals surface area contributed by atoms with Crippen LogP contribution in [0.5, 0.6) is 0 Å². The van der Waals surface area contributed by atoms with Crippen LogP contribution in [0.1, 0.15) is 18.9 Å². The molecule has 1 saturated heterocycles. The minimum atomic E-state index is -3.60. The average Bonchev–Trinajstić information content (AvgIpc) is 2.98. The third-order valence-corrected chi connectivity index (χ3v) is 5.08. The maximum absolute atomic E-state index is 12.2. The lowest BCUT2D eigenvalue weighted by molar-refractivity contribution is -0.147. The van der Waals surface area contributed by atoms with Crippen LogP contribution in [0.2, 0.25) is 0 Å². The van der Waals surface area contributed by atoms with Gasteiger partial charge >= 0.3 is 12.1 Å². The predicted octanol–water partition coefficient (Wildman–Crippen LogP) is 0.878. The highest BCUT2D eigenvalue weighted by atomic mass is 32.2. The molecule has 1 amide bonds. The van der Waals surface area contributed by atoms with Crippen molar-refractivity contribution in [2.45, 2.75) is 32.0 Å². The number of hydrogen-bond donors (Lipinski definition) is 1. The molecule has 2 rings (SSSR count). The molecule has 1 aliphatic rings. The van der Waals surface area contributed by atoms with Crippen molar-refractivity contribution in [1.82, 2.24) is 9.62 Å². The molecule has 0 saturated carbocycles. The molecule has 9 heteroatoms. The molecule has 1 aliphatic heterocycles. The lowest BCUT2D eigenvalue weighted by Gasteiger charge is -2.24. The first-order valence-corrected chi connectivity index (χ1v) is 9.78. The van der Waals surface area contributed by atoms with Gasteiger partial charge in [0.15, 0.2) is 0 Å². The lowest BCUT2D eigenvalue weighted by atomic mass is 10.1. The zero-order valence-corrected chi connectivity index (χ0v) is 15.0. The smallest absolute Gasteiger partial charge is 0.407 e. The summed E-state index contributed by atoms with van der Waals surface area (Å²) < 4.78 is 34.9. The minimum Gasteiger partial charge on any atom is -0.465 e. The zero-order chi connectivity index (χ0) is 18.4. The van der Waals surface area contributed by atoms with E-state index in [0.717, 1.165) is 16.1 Å². The van der Waals surface area contributed by atoms with Gasteiger partial charge in [0.1, 0.15) is 12.6 Å². The highest BCUT2D eigenvalue weighted by Gasteiger charge is 2.45. The van der Waals surface area contributed by atoms with Crippen LogP contribution in [0.4, 0.5) is 4.79 Å². The number of nitrogens with zero attached hydrogens (tertiary/aromatic N) is 1. The third-order valence-electron chi connectivity index (χ3n) is 3.82. The molecule has 0 spiro atoms. The normalized spacial score (nSPS) is 20.9. The Kier molecular flexibility index (Phi) is 6.38. The first-order chi connectivity index (χ1) is 11.8. The molecular weight excluding hydrogens is 348 g/mol. The molecule has 0 aromatic heterocycles. The van der Waals surface area contributed by atoms with E-state index in [2.05, 4.69) is 5.32 Å². The van der Waals surface area contributed by atoms with E-state index in [1.165, 1.54) is 0 Å². The van der Waals surface area contributed by atoms with Gasteiger partial charge in [0, 0.05) is 6.54 Å². The molecule has 2 atom stereocenters. The summed E-state index contributed by atoms with van der Waals surface area (Å²) in [6, 6.07) is 7.36. The Labute approximate surface area is 147 Å². The number of amides is 1. The van der Waals surface area contributed by atoms with Gasteiger partial charge in [-0.15, -0.1) is 0 Å². The molecule has 0 radical (unpaired) electrons. The first kappa shape index (κ1) is 19.2. The fourth-order valence-corrected chi connectivity index (χ4v) is 3.80. The maximum atomic E-state index is 12.2. The highest BCUT2D eigenvalue weighted by Crippen LogP contribution is 2.22. The van der Waals surface area contributed by atoms with Crippen molar-refractivity contribution >= 4 is 22.1 Å². The number of hydrogen-bond acceptors (Lipinski definition) is 6. The average molecular weight is 370 g/mol. The number of sulfonamides is 1. The molecule has 1 aromatic carbocycles. The van der Waals surface area contributed by atoms with Crippen molar-refractivity contribution in [2.24, 2.45) is 0 Å². The Balaban J connectivity index is 2.01. The van der Waals surface area contributed by atoms with Crippen LogP contribution < -0.4 is 5.32 Å². The summed E-state index contributed by atoms with van der Waals surface area (Å²) >= 11 is 0. The van der Waals surface area contributed by atoms with E-state index in [-0.39, 0.29) is 19.8 Å². The number of rotatable bonds is 6. The molecule has 0 unspecified atom stereocenters. The van der Waals surface area contributed by atoms with E-state index >= 15 is 0 Å². The molecule has 0 bridgehead atoms. The van der Waals surface area contributed by atoms with Crippen molar-refractivity contribution < 1.29 is 27.5 Å². The van der Waals surface area contributed by atoms with Crippen LogP contribution >= 0.6 is 0 Å². The Morgan fingerprint density at radius 2 is 1.92 bits per heavy atom. The molecule has 25 heavy (non-hydrogen) atoms. The number of ether oxygens (including phenoxy) is 2. The SMILES string of the molecule is CCOC(=O)[C@H]1[C@H](NC(=O)OCc2ccccc2)CCN1S(C)(=O)=O. The van der Waals surface area contributed by atoms with Crippen LogP contribution in [0.25, 0.3) is 0 Å². The molecule has 1 aromatic rings. The first-order valence-electron chi connectivity index (χ1n) is 7.93. The van der Waals surface area contributed by atoms with Crippen LogP contribution in [-0.2, 0) is 30.9 Å². The van der Waals surface area contributed by atoms with Crippen molar-refractivity contribution in [2.75, 3.05) is 19.4 Å². The van der Waals surface area contributed by atoms with Crippen LogP contribution in [0.3, 0.4) is 0 Å². The van der Waals surface area contributed by atoms with E-state index in [4.69, 9.17) is 9.47 Å². The second-order valence-corrected chi connectivity index (χ2v) is 7.61. The van der Waals surface area contributed by atoms with Gasteiger partial charge in [0.05, 0.1) is 18.9 Å². The van der Waals surface area contributed by atoms with Crippen LogP contribution in [0.15, 0.2) is 30.3 Å². The Bertz CT molecular complexity index is 707. The summed E-state index contributed by atoms with van der Waals surface area (Å²) in [5.41, 5.74) is 0.823. The number of benzene rings is 1. The summed E-state index contributed by atoms with van der Waals surface area (Å²) in [7, 11) is -3.60. The summed E-state index contributed by atoms with van der Waals surface area (Å²) in [6.07, 6.45) is 0.616. The number of carbonyl (C=O) groups excluding carboxylic acids is 2. The molecule has 1 N–H and O–H groups in total. The molecule has 138 valence electrons. The van der Waals surface area contributed by atoms with Crippen molar-refractivity contribution in [3.63, 3.8) is 0 Å². The van der Waals surface area contributed by atoms with E-state index in [9.17, 15) is 18.0 Å². The topological polar surface area (TPSA) is 102 Å². The molecule has 1 fully saturated rings. The lowest BCUT2D eigenvalue weighted by Crippen LogP contribution is -2.51. The van der Waals surface area contributed by atoms with Gasteiger partial charge in [0.25, 0.3) is 0 Å². The minimum absolute atomic E-state index is 0.0826.